The van der Waals surface area contributed by atoms with Crippen molar-refractivity contribution >= 4 is 11.6 Å². The summed E-state index contributed by atoms with van der Waals surface area (Å²) in [5.74, 6) is 0.224. The highest BCUT2D eigenvalue weighted by atomic mass is 19.1. The van der Waals surface area contributed by atoms with Crippen molar-refractivity contribution in [1.29, 1.82) is 0 Å². The molecule has 0 atom stereocenters. The van der Waals surface area contributed by atoms with Crippen LogP contribution in [0.15, 0.2) is 42.5 Å². The number of aryl methyl sites for hydroxylation is 2. The lowest BCUT2D eigenvalue weighted by molar-refractivity contribution is 0.102. The lowest BCUT2D eigenvalue weighted by Gasteiger charge is -2.13. The molecule has 0 aliphatic heterocycles. The number of ether oxygens (including phenoxy) is 2. The van der Waals surface area contributed by atoms with Crippen LogP contribution in [-0.2, 0) is 0 Å². The summed E-state index contributed by atoms with van der Waals surface area (Å²) in [6.45, 7) is 8.38. The number of halogens is 1. The summed E-state index contributed by atoms with van der Waals surface area (Å²) < 4.78 is 27.2. The number of amides is 1. The summed E-state index contributed by atoms with van der Waals surface area (Å²) in [7, 11) is 0. The molecule has 0 saturated carbocycles. The van der Waals surface area contributed by atoms with E-state index >= 15 is 0 Å². The van der Waals surface area contributed by atoms with Crippen LogP contribution in [0.4, 0.5) is 10.1 Å². The molecular weight excluding hydrogens is 373 g/mol. The summed E-state index contributed by atoms with van der Waals surface area (Å²) in [6, 6.07) is 11.3. The van der Waals surface area contributed by atoms with Crippen LogP contribution in [0.5, 0.6) is 11.5 Å². The molecule has 0 fully saturated rings. The molecule has 6 nitrogen and oxygen atoms in total. The third-order valence-corrected chi connectivity index (χ3v) is 4.25. The molecular formula is C22H24FN3O3. The van der Waals surface area contributed by atoms with Crippen LogP contribution in [-0.4, -0.2) is 28.9 Å². The van der Waals surface area contributed by atoms with E-state index in [0.29, 0.717) is 41.7 Å². The number of hydrogen-bond donors (Lipinski definition) is 1. The minimum Gasteiger partial charge on any atom is -0.490 e. The first kappa shape index (κ1) is 20.4. The Morgan fingerprint density at radius 3 is 2.38 bits per heavy atom. The van der Waals surface area contributed by atoms with E-state index in [1.165, 1.54) is 10.7 Å². The number of nitrogens with one attached hydrogen (secondary N) is 1. The molecule has 0 aliphatic rings. The summed E-state index contributed by atoms with van der Waals surface area (Å²) in [5, 5.41) is 7.01. The zero-order valence-electron chi connectivity index (χ0n) is 17.0. The molecule has 29 heavy (non-hydrogen) atoms. The zero-order chi connectivity index (χ0) is 21.0. The minimum atomic E-state index is -0.476. The Labute approximate surface area is 169 Å². The van der Waals surface area contributed by atoms with Gasteiger partial charge in [0.05, 0.1) is 18.9 Å². The second kappa shape index (κ2) is 8.77. The van der Waals surface area contributed by atoms with Crippen LogP contribution in [0.1, 0.15) is 35.6 Å². The summed E-state index contributed by atoms with van der Waals surface area (Å²) >= 11 is 0. The predicted molar refractivity (Wildman–Crippen MR) is 110 cm³/mol. The predicted octanol–water partition coefficient (Wildman–Crippen LogP) is 4.68. The molecule has 0 bridgehead atoms. The second-order valence-corrected chi connectivity index (χ2v) is 6.49. The van der Waals surface area contributed by atoms with Gasteiger partial charge in [0.25, 0.3) is 5.91 Å². The zero-order valence-corrected chi connectivity index (χ0v) is 17.0. The van der Waals surface area contributed by atoms with Gasteiger partial charge >= 0.3 is 0 Å². The Morgan fingerprint density at radius 2 is 1.76 bits per heavy atom. The number of carbonyl (C=O) groups is 1. The Balaban J connectivity index is 1.81. The van der Waals surface area contributed by atoms with Crippen LogP contribution in [0, 0.1) is 19.7 Å². The highest BCUT2D eigenvalue weighted by molar-refractivity contribution is 6.04. The maximum atomic E-state index is 14.6. The lowest BCUT2D eigenvalue weighted by Crippen LogP contribution is -2.13. The average molecular weight is 397 g/mol. The third-order valence-electron chi connectivity index (χ3n) is 4.25. The maximum absolute atomic E-state index is 14.6. The molecule has 3 aromatic rings. The Bertz CT molecular complexity index is 1030. The largest absolute Gasteiger partial charge is 0.490 e. The second-order valence-electron chi connectivity index (χ2n) is 6.49. The number of rotatable bonds is 7. The van der Waals surface area contributed by atoms with Gasteiger partial charge in [-0.15, -0.1) is 0 Å². The fourth-order valence-corrected chi connectivity index (χ4v) is 3.02. The third kappa shape index (κ3) is 4.56. The van der Waals surface area contributed by atoms with Crippen molar-refractivity contribution in [2.45, 2.75) is 27.7 Å². The number of anilines is 1. The average Bonchev–Trinajstić information content (AvgIpc) is 3.01. The van der Waals surface area contributed by atoms with E-state index in [0.717, 1.165) is 11.4 Å². The van der Waals surface area contributed by atoms with Crippen LogP contribution < -0.4 is 14.8 Å². The topological polar surface area (TPSA) is 65.4 Å². The molecule has 7 heteroatoms. The standard InChI is InChI=1S/C22H24FN3O3/c1-5-28-20-10-7-16(12-21(20)29-6-2)22(27)24-17-8-9-19(18(23)13-17)26-15(4)11-14(3)25-26/h7-13H,5-6H2,1-4H3,(H,24,27). The van der Waals surface area contributed by atoms with Gasteiger partial charge in [0.2, 0.25) is 0 Å². The van der Waals surface area contributed by atoms with E-state index in [9.17, 15) is 9.18 Å². The molecule has 1 amide bonds. The van der Waals surface area contributed by atoms with E-state index in [4.69, 9.17) is 9.47 Å². The van der Waals surface area contributed by atoms with Gasteiger partial charge in [-0.2, -0.15) is 5.10 Å². The van der Waals surface area contributed by atoms with E-state index < -0.39 is 5.82 Å². The van der Waals surface area contributed by atoms with Crippen molar-refractivity contribution in [2.24, 2.45) is 0 Å². The molecule has 1 N–H and O–H groups in total. The van der Waals surface area contributed by atoms with Crippen molar-refractivity contribution in [3.05, 3.63) is 65.2 Å². The van der Waals surface area contributed by atoms with E-state index in [1.54, 1.807) is 30.3 Å². The highest BCUT2D eigenvalue weighted by Gasteiger charge is 2.14. The molecule has 2 aromatic carbocycles. The minimum absolute atomic E-state index is 0.327. The van der Waals surface area contributed by atoms with Gasteiger partial charge in [-0.3, -0.25) is 4.79 Å². The monoisotopic (exact) mass is 397 g/mol. The van der Waals surface area contributed by atoms with Gasteiger partial charge in [-0.05, 0) is 70.2 Å². The molecule has 152 valence electrons. The Hall–Kier alpha value is -3.35. The highest BCUT2D eigenvalue weighted by Crippen LogP contribution is 2.29. The van der Waals surface area contributed by atoms with Crippen molar-refractivity contribution in [2.75, 3.05) is 18.5 Å². The van der Waals surface area contributed by atoms with Crippen LogP contribution in [0.3, 0.4) is 0 Å². The quantitative estimate of drug-likeness (QED) is 0.629. The van der Waals surface area contributed by atoms with Gasteiger partial charge in [0, 0.05) is 16.9 Å². The van der Waals surface area contributed by atoms with Crippen LogP contribution in [0.25, 0.3) is 5.69 Å². The summed E-state index contributed by atoms with van der Waals surface area (Å²) in [5.41, 5.74) is 2.70. The Morgan fingerprint density at radius 1 is 1.03 bits per heavy atom. The number of carbonyl (C=O) groups excluding carboxylic acids is 1. The van der Waals surface area contributed by atoms with Crippen molar-refractivity contribution < 1.29 is 18.7 Å². The summed E-state index contributed by atoms with van der Waals surface area (Å²) in [6.07, 6.45) is 0. The molecule has 1 aromatic heterocycles. The van der Waals surface area contributed by atoms with Gasteiger partial charge in [0.1, 0.15) is 5.69 Å². The van der Waals surface area contributed by atoms with Crippen LogP contribution >= 0.6 is 0 Å². The van der Waals surface area contributed by atoms with E-state index in [1.807, 2.05) is 33.8 Å². The van der Waals surface area contributed by atoms with Gasteiger partial charge in [-0.1, -0.05) is 0 Å². The fraction of sp³-hybridized carbons (Fsp3) is 0.273. The van der Waals surface area contributed by atoms with Crippen molar-refractivity contribution in [3.63, 3.8) is 0 Å². The number of benzene rings is 2. The van der Waals surface area contributed by atoms with Crippen LogP contribution in [0.2, 0.25) is 0 Å². The van der Waals surface area contributed by atoms with Gasteiger partial charge in [-0.25, -0.2) is 9.07 Å². The van der Waals surface area contributed by atoms with Crippen molar-refractivity contribution in [1.82, 2.24) is 9.78 Å². The molecule has 1 heterocycles. The first-order chi connectivity index (χ1) is 13.9. The van der Waals surface area contributed by atoms with Gasteiger partial charge in [0.15, 0.2) is 17.3 Å². The maximum Gasteiger partial charge on any atom is 0.255 e. The SMILES string of the molecule is CCOc1ccc(C(=O)Nc2ccc(-n3nc(C)cc3C)c(F)c2)cc1OCC. The van der Waals surface area contributed by atoms with E-state index in [-0.39, 0.29) is 5.91 Å². The van der Waals surface area contributed by atoms with Crippen molar-refractivity contribution in [3.8, 4) is 17.2 Å². The fourth-order valence-electron chi connectivity index (χ4n) is 3.02. The molecule has 3 rings (SSSR count). The normalized spacial score (nSPS) is 10.7. The molecule has 0 spiro atoms. The van der Waals surface area contributed by atoms with E-state index in [2.05, 4.69) is 10.4 Å². The Kier molecular flexibility index (Phi) is 6.16. The first-order valence-corrected chi connectivity index (χ1v) is 9.47. The van der Waals surface area contributed by atoms with Gasteiger partial charge < -0.3 is 14.8 Å². The lowest BCUT2D eigenvalue weighted by atomic mass is 10.1. The number of hydrogen-bond acceptors (Lipinski definition) is 4. The first-order valence-electron chi connectivity index (χ1n) is 9.47. The molecule has 0 saturated heterocycles. The summed E-state index contributed by atoms with van der Waals surface area (Å²) in [4.78, 5) is 12.6. The molecule has 0 unspecified atom stereocenters. The smallest absolute Gasteiger partial charge is 0.255 e. The molecule has 0 radical (unpaired) electrons. The molecule has 0 aliphatic carbocycles. The number of aromatic nitrogens is 2. The number of nitrogens with zero attached hydrogens (tertiary/aromatic N) is 2.